The lowest BCUT2D eigenvalue weighted by atomic mass is 10.0. The van der Waals surface area contributed by atoms with E-state index >= 15 is 0 Å². The topological polar surface area (TPSA) is 68.0 Å². The summed E-state index contributed by atoms with van der Waals surface area (Å²) in [5, 5.41) is 3.40. The quantitative estimate of drug-likeness (QED) is 0.769. The molecule has 0 saturated carbocycles. The van der Waals surface area contributed by atoms with Gasteiger partial charge in [0.15, 0.2) is 0 Å². The SMILES string of the molecule is CC(C)C(Nc1ccnc(Cl)c1)C(N)=O. The van der Waals surface area contributed by atoms with Crippen LogP contribution in [0.3, 0.4) is 0 Å². The van der Waals surface area contributed by atoms with E-state index in [1.54, 1.807) is 18.3 Å². The zero-order valence-corrected chi connectivity index (χ0v) is 9.45. The fourth-order valence-electron chi connectivity index (χ4n) is 1.24. The maximum Gasteiger partial charge on any atom is 0.240 e. The minimum Gasteiger partial charge on any atom is -0.373 e. The monoisotopic (exact) mass is 227 g/mol. The highest BCUT2D eigenvalue weighted by Gasteiger charge is 2.18. The average Bonchev–Trinajstić information content (AvgIpc) is 2.13. The number of hydrogen-bond acceptors (Lipinski definition) is 3. The molecule has 0 aliphatic carbocycles. The zero-order chi connectivity index (χ0) is 11.4. The predicted molar refractivity (Wildman–Crippen MR) is 60.7 cm³/mol. The van der Waals surface area contributed by atoms with Crippen molar-refractivity contribution in [1.29, 1.82) is 0 Å². The molecule has 0 aliphatic rings. The fraction of sp³-hybridized carbons (Fsp3) is 0.400. The van der Waals surface area contributed by atoms with Gasteiger partial charge in [-0.3, -0.25) is 4.79 Å². The Kier molecular flexibility index (Phi) is 3.91. The van der Waals surface area contributed by atoms with Crippen molar-refractivity contribution in [1.82, 2.24) is 4.98 Å². The first-order valence-corrected chi connectivity index (χ1v) is 5.06. The Bertz CT molecular complexity index is 354. The highest BCUT2D eigenvalue weighted by Crippen LogP contribution is 2.15. The van der Waals surface area contributed by atoms with Crippen LogP contribution in [-0.4, -0.2) is 16.9 Å². The van der Waals surface area contributed by atoms with Crippen LogP contribution in [0.15, 0.2) is 18.3 Å². The smallest absolute Gasteiger partial charge is 0.240 e. The molecule has 1 unspecified atom stereocenters. The lowest BCUT2D eigenvalue weighted by Gasteiger charge is -2.19. The molecule has 1 aromatic rings. The fourth-order valence-corrected chi connectivity index (χ4v) is 1.41. The Balaban J connectivity index is 2.79. The number of primary amides is 1. The van der Waals surface area contributed by atoms with Gasteiger partial charge in [-0.05, 0) is 18.1 Å². The van der Waals surface area contributed by atoms with Crippen molar-refractivity contribution in [3.8, 4) is 0 Å². The van der Waals surface area contributed by atoms with Crippen LogP contribution in [-0.2, 0) is 4.79 Å². The number of aromatic nitrogens is 1. The van der Waals surface area contributed by atoms with Crippen LogP contribution in [0.4, 0.5) is 5.69 Å². The van der Waals surface area contributed by atoms with Crippen molar-refractivity contribution in [2.75, 3.05) is 5.32 Å². The number of amides is 1. The minimum atomic E-state index is -0.400. The van der Waals surface area contributed by atoms with Crippen LogP contribution in [0.2, 0.25) is 5.15 Å². The van der Waals surface area contributed by atoms with Crippen LogP contribution < -0.4 is 11.1 Å². The number of anilines is 1. The molecule has 82 valence electrons. The molecule has 1 heterocycles. The summed E-state index contributed by atoms with van der Waals surface area (Å²) in [4.78, 5) is 15.0. The van der Waals surface area contributed by atoms with Gasteiger partial charge in [0.2, 0.25) is 5.91 Å². The van der Waals surface area contributed by atoms with Gasteiger partial charge in [-0.2, -0.15) is 0 Å². The normalized spacial score (nSPS) is 12.5. The highest BCUT2D eigenvalue weighted by atomic mass is 35.5. The number of carbonyl (C=O) groups is 1. The Morgan fingerprint density at radius 1 is 1.60 bits per heavy atom. The molecule has 0 saturated heterocycles. The van der Waals surface area contributed by atoms with Gasteiger partial charge in [0, 0.05) is 11.9 Å². The van der Waals surface area contributed by atoms with Crippen LogP contribution in [0.5, 0.6) is 0 Å². The van der Waals surface area contributed by atoms with E-state index in [9.17, 15) is 4.79 Å². The van der Waals surface area contributed by atoms with E-state index in [0.717, 1.165) is 5.69 Å². The molecule has 1 rings (SSSR count). The van der Waals surface area contributed by atoms with E-state index in [4.69, 9.17) is 17.3 Å². The molecule has 0 spiro atoms. The Morgan fingerprint density at radius 2 is 2.27 bits per heavy atom. The third-order valence-corrected chi connectivity index (χ3v) is 2.23. The summed E-state index contributed by atoms with van der Waals surface area (Å²) in [6.07, 6.45) is 1.57. The maximum absolute atomic E-state index is 11.1. The summed E-state index contributed by atoms with van der Waals surface area (Å²) in [6.45, 7) is 3.84. The summed E-state index contributed by atoms with van der Waals surface area (Å²) in [6, 6.07) is 2.99. The molecule has 0 bridgehead atoms. The molecule has 1 amide bonds. The van der Waals surface area contributed by atoms with Gasteiger partial charge in [-0.1, -0.05) is 25.4 Å². The molecule has 0 aromatic carbocycles. The number of nitrogens with two attached hydrogens (primary N) is 1. The van der Waals surface area contributed by atoms with E-state index < -0.39 is 6.04 Å². The second-order valence-corrected chi connectivity index (χ2v) is 4.02. The summed E-state index contributed by atoms with van der Waals surface area (Å²) in [5.74, 6) is -0.257. The largest absolute Gasteiger partial charge is 0.373 e. The number of rotatable bonds is 4. The number of pyridine rings is 1. The standard InChI is InChI=1S/C10H14ClN3O/c1-6(2)9(10(12)15)14-7-3-4-13-8(11)5-7/h3-6,9H,1-2H3,(H2,12,15)(H,13,14). The lowest BCUT2D eigenvalue weighted by Crippen LogP contribution is -2.39. The first-order valence-electron chi connectivity index (χ1n) is 4.68. The predicted octanol–water partition coefficient (Wildman–Crippen LogP) is 1.66. The van der Waals surface area contributed by atoms with Crippen LogP contribution in [0.25, 0.3) is 0 Å². The van der Waals surface area contributed by atoms with Crippen LogP contribution >= 0.6 is 11.6 Å². The van der Waals surface area contributed by atoms with Crippen LogP contribution in [0.1, 0.15) is 13.8 Å². The molecule has 0 fully saturated rings. The van der Waals surface area contributed by atoms with Crippen molar-refractivity contribution in [2.45, 2.75) is 19.9 Å². The molecular formula is C10H14ClN3O. The molecule has 1 aromatic heterocycles. The molecular weight excluding hydrogens is 214 g/mol. The van der Waals surface area contributed by atoms with Gasteiger partial charge in [0.1, 0.15) is 11.2 Å². The summed E-state index contributed by atoms with van der Waals surface area (Å²) in [5.41, 5.74) is 6.02. The van der Waals surface area contributed by atoms with Gasteiger partial charge < -0.3 is 11.1 Å². The number of halogens is 1. The first-order chi connectivity index (χ1) is 7.00. The maximum atomic E-state index is 11.1. The van der Waals surface area contributed by atoms with Gasteiger partial charge >= 0.3 is 0 Å². The molecule has 3 N–H and O–H groups in total. The van der Waals surface area contributed by atoms with Gasteiger partial charge in [-0.15, -0.1) is 0 Å². The van der Waals surface area contributed by atoms with Gasteiger partial charge in [0.25, 0.3) is 0 Å². The number of nitrogens with zero attached hydrogens (tertiary/aromatic N) is 1. The van der Waals surface area contributed by atoms with E-state index in [0.29, 0.717) is 5.15 Å². The van der Waals surface area contributed by atoms with E-state index in [-0.39, 0.29) is 11.8 Å². The lowest BCUT2D eigenvalue weighted by molar-refractivity contribution is -0.119. The highest BCUT2D eigenvalue weighted by molar-refractivity contribution is 6.29. The van der Waals surface area contributed by atoms with Crippen molar-refractivity contribution in [3.05, 3.63) is 23.5 Å². The van der Waals surface area contributed by atoms with E-state index in [1.165, 1.54) is 0 Å². The summed E-state index contributed by atoms with van der Waals surface area (Å²) in [7, 11) is 0. The second kappa shape index (κ2) is 4.98. The second-order valence-electron chi connectivity index (χ2n) is 3.64. The minimum absolute atomic E-state index is 0.120. The van der Waals surface area contributed by atoms with E-state index in [2.05, 4.69) is 10.3 Å². The molecule has 0 aliphatic heterocycles. The third kappa shape index (κ3) is 3.40. The Labute approximate surface area is 93.8 Å². The molecule has 4 nitrogen and oxygen atoms in total. The van der Waals surface area contributed by atoms with Crippen LogP contribution in [0, 0.1) is 5.92 Å². The first kappa shape index (κ1) is 11.8. The molecule has 0 radical (unpaired) electrons. The Hall–Kier alpha value is -1.29. The number of carbonyl (C=O) groups excluding carboxylic acids is 1. The average molecular weight is 228 g/mol. The number of hydrogen-bond donors (Lipinski definition) is 2. The molecule has 15 heavy (non-hydrogen) atoms. The van der Waals surface area contributed by atoms with Crippen molar-refractivity contribution in [3.63, 3.8) is 0 Å². The Morgan fingerprint density at radius 3 is 2.73 bits per heavy atom. The van der Waals surface area contributed by atoms with Gasteiger partial charge in [0.05, 0.1) is 0 Å². The van der Waals surface area contributed by atoms with Gasteiger partial charge in [-0.25, -0.2) is 4.98 Å². The van der Waals surface area contributed by atoms with Crippen molar-refractivity contribution >= 4 is 23.2 Å². The van der Waals surface area contributed by atoms with E-state index in [1.807, 2.05) is 13.8 Å². The molecule has 1 atom stereocenters. The van der Waals surface area contributed by atoms with Crippen molar-refractivity contribution < 1.29 is 4.79 Å². The summed E-state index contributed by atoms with van der Waals surface area (Å²) >= 11 is 5.72. The van der Waals surface area contributed by atoms with Crippen molar-refractivity contribution in [2.24, 2.45) is 11.7 Å². The zero-order valence-electron chi connectivity index (χ0n) is 8.70. The molecule has 5 heteroatoms. The third-order valence-electron chi connectivity index (χ3n) is 2.02. The summed E-state index contributed by atoms with van der Waals surface area (Å²) < 4.78 is 0. The number of nitrogens with one attached hydrogen (secondary N) is 1.